The maximum absolute atomic E-state index is 12.3. The summed E-state index contributed by atoms with van der Waals surface area (Å²) in [5.41, 5.74) is 0. The van der Waals surface area contributed by atoms with Crippen molar-refractivity contribution in [1.82, 2.24) is 9.80 Å². The summed E-state index contributed by atoms with van der Waals surface area (Å²) in [4.78, 5) is 4.80. The van der Waals surface area contributed by atoms with Gasteiger partial charge in [0, 0.05) is 39.3 Å². The molecule has 2 rings (SSSR count). The molecule has 154 valence electrons. The van der Waals surface area contributed by atoms with Gasteiger partial charge < -0.3 is 14.5 Å². The summed E-state index contributed by atoms with van der Waals surface area (Å²) in [5, 5.41) is 0. The van der Waals surface area contributed by atoms with E-state index in [9.17, 15) is 21.6 Å². The van der Waals surface area contributed by atoms with Gasteiger partial charge >= 0.3 is 6.18 Å². The number of alkyl halides is 3. The first-order valence-corrected chi connectivity index (χ1v) is 10.8. The molecule has 0 bridgehead atoms. The highest BCUT2D eigenvalue weighted by atomic mass is 32.2. The first-order valence-electron chi connectivity index (χ1n) is 9.13. The van der Waals surface area contributed by atoms with E-state index in [4.69, 9.17) is 0 Å². The van der Waals surface area contributed by atoms with Gasteiger partial charge in [-0.1, -0.05) is 18.2 Å². The zero-order valence-electron chi connectivity index (χ0n) is 15.3. The van der Waals surface area contributed by atoms with Crippen molar-refractivity contribution in [1.29, 1.82) is 0 Å². The minimum absolute atomic E-state index is 0.108. The normalized spacial score (nSPS) is 17.3. The molecule has 0 aliphatic carbocycles. The van der Waals surface area contributed by atoms with E-state index >= 15 is 0 Å². The Bertz CT molecular complexity index is 646. The zero-order chi connectivity index (χ0) is 19.8. The Morgan fingerprint density at radius 2 is 1.48 bits per heavy atom. The molecule has 0 atom stereocenters. The lowest BCUT2D eigenvalue weighted by Gasteiger charge is -2.34. The third-order valence-electron chi connectivity index (χ3n) is 4.48. The van der Waals surface area contributed by atoms with E-state index in [1.807, 2.05) is 0 Å². The molecule has 0 saturated carbocycles. The predicted molar refractivity (Wildman–Crippen MR) is 97.5 cm³/mol. The Hall–Kier alpha value is -1.16. The van der Waals surface area contributed by atoms with Crippen molar-refractivity contribution < 1.29 is 26.3 Å². The fourth-order valence-electron chi connectivity index (χ4n) is 3.04. The van der Waals surface area contributed by atoms with Crippen molar-refractivity contribution >= 4 is 9.84 Å². The van der Waals surface area contributed by atoms with Crippen LogP contribution >= 0.6 is 0 Å². The van der Waals surface area contributed by atoms with E-state index in [-0.39, 0.29) is 12.4 Å². The molecule has 0 unspecified atom stereocenters. The maximum atomic E-state index is 12.3. The summed E-state index contributed by atoms with van der Waals surface area (Å²) in [5.74, 6) is 0.133. The number of rotatable bonds is 10. The minimum Gasteiger partial charge on any atom is -0.372 e. The molecule has 1 fully saturated rings. The number of hydrogen-bond donors (Lipinski definition) is 0. The highest BCUT2D eigenvalue weighted by molar-refractivity contribution is 7.91. The molecule has 5 nitrogen and oxygen atoms in total. The van der Waals surface area contributed by atoms with Crippen LogP contribution in [0.1, 0.15) is 12.8 Å². The molecule has 1 heterocycles. The van der Waals surface area contributed by atoms with Crippen LogP contribution in [0.4, 0.5) is 13.2 Å². The number of sulfone groups is 1. The molecule has 1 saturated heterocycles. The zero-order valence-corrected chi connectivity index (χ0v) is 16.1. The Labute approximate surface area is 159 Å². The lowest BCUT2D eigenvalue weighted by Crippen LogP contribution is -2.47. The van der Waals surface area contributed by atoms with Crippen molar-refractivity contribution in [3.8, 4) is 0 Å². The van der Waals surface area contributed by atoms with Gasteiger partial charge in [-0.2, -0.15) is 13.2 Å². The van der Waals surface area contributed by atoms with Gasteiger partial charge in [-0.15, -0.1) is 0 Å². The molecule has 0 aromatic heterocycles. The Morgan fingerprint density at radius 3 is 2.04 bits per heavy atom. The summed E-state index contributed by atoms with van der Waals surface area (Å²) in [6.45, 7) is 3.73. The topological polar surface area (TPSA) is 49.9 Å². The summed E-state index contributed by atoms with van der Waals surface area (Å²) < 4.78 is 65.0. The van der Waals surface area contributed by atoms with E-state index in [0.717, 1.165) is 32.7 Å². The van der Waals surface area contributed by atoms with Gasteiger partial charge in [0.1, 0.15) is 6.61 Å². The maximum Gasteiger partial charge on any atom is 0.411 e. The molecule has 0 amide bonds. The summed E-state index contributed by atoms with van der Waals surface area (Å²) in [6.07, 6.45) is -3.10. The third kappa shape index (κ3) is 8.59. The van der Waals surface area contributed by atoms with Crippen LogP contribution in [0.15, 0.2) is 35.2 Å². The van der Waals surface area contributed by atoms with Gasteiger partial charge in [0.15, 0.2) is 9.84 Å². The smallest absolute Gasteiger partial charge is 0.372 e. The van der Waals surface area contributed by atoms with Crippen LogP contribution in [0, 0.1) is 0 Å². The fraction of sp³-hybridized carbons (Fsp3) is 0.667. The summed E-state index contributed by atoms with van der Waals surface area (Å²) in [7, 11) is -3.23. The van der Waals surface area contributed by atoms with Crippen molar-refractivity contribution in [3.63, 3.8) is 0 Å². The van der Waals surface area contributed by atoms with Crippen LogP contribution in [0.25, 0.3) is 0 Å². The molecule has 27 heavy (non-hydrogen) atoms. The van der Waals surface area contributed by atoms with Crippen LogP contribution in [0.3, 0.4) is 0 Å². The SMILES string of the molecule is O=S(=O)(CCCN1CCN(CCCOCC(F)(F)F)CC1)c1ccccc1. The van der Waals surface area contributed by atoms with E-state index in [1.165, 1.54) is 0 Å². The second-order valence-corrected chi connectivity index (χ2v) is 8.80. The Kier molecular flexibility index (Phi) is 8.53. The van der Waals surface area contributed by atoms with Gasteiger partial charge in [0.05, 0.1) is 10.6 Å². The molecule has 1 aliphatic heterocycles. The number of benzene rings is 1. The summed E-state index contributed by atoms with van der Waals surface area (Å²) in [6, 6.07) is 8.47. The van der Waals surface area contributed by atoms with Crippen LogP contribution in [0.2, 0.25) is 0 Å². The molecule has 1 aromatic rings. The second-order valence-electron chi connectivity index (χ2n) is 6.69. The van der Waals surface area contributed by atoms with Gasteiger partial charge in [-0.05, 0) is 31.5 Å². The minimum atomic E-state index is -4.26. The van der Waals surface area contributed by atoms with Crippen molar-refractivity contribution in [2.45, 2.75) is 23.9 Å². The van der Waals surface area contributed by atoms with Gasteiger partial charge in [-0.25, -0.2) is 8.42 Å². The molecule has 0 N–H and O–H groups in total. The van der Waals surface area contributed by atoms with E-state index < -0.39 is 22.6 Å². The van der Waals surface area contributed by atoms with Gasteiger partial charge in [-0.3, -0.25) is 0 Å². The van der Waals surface area contributed by atoms with Crippen molar-refractivity contribution in [2.75, 3.05) is 58.2 Å². The highest BCUT2D eigenvalue weighted by Gasteiger charge is 2.27. The van der Waals surface area contributed by atoms with E-state index in [1.54, 1.807) is 30.3 Å². The number of piperazine rings is 1. The average molecular weight is 408 g/mol. The van der Waals surface area contributed by atoms with Crippen molar-refractivity contribution in [2.24, 2.45) is 0 Å². The first kappa shape index (κ1) is 22.1. The number of ether oxygens (including phenoxy) is 1. The second kappa shape index (κ2) is 10.4. The monoisotopic (exact) mass is 408 g/mol. The van der Waals surface area contributed by atoms with Crippen LogP contribution in [0.5, 0.6) is 0 Å². The van der Waals surface area contributed by atoms with Crippen molar-refractivity contribution in [3.05, 3.63) is 30.3 Å². The molecule has 0 radical (unpaired) electrons. The summed E-state index contributed by atoms with van der Waals surface area (Å²) >= 11 is 0. The van der Waals surface area contributed by atoms with Crippen LogP contribution in [-0.4, -0.2) is 82.6 Å². The van der Waals surface area contributed by atoms with Crippen LogP contribution in [-0.2, 0) is 14.6 Å². The highest BCUT2D eigenvalue weighted by Crippen LogP contribution is 2.15. The first-order chi connectivity index (χ1) is 12.8. The van der Waals surface area contributed by atoms with E-state index in [2.05, 4.69) is 14.5 Å². The predicted octanol–water partition coefficient (Wildman–Crippen LogP) is 2.44. The fourth-order valence-corrected chi connectivity index (χ4v) is 4.36. The number of nitrogens with zero attached hydrogens (tertiary/aromatic N) is 2. The van der Waals surface area contributed by atoms with Gasteiger partial charge in [0.2, 0.25) is 0 Å². The largest absolute Gasteiger partial charge is 0.411 e. The molecular formula is C18H27F3N2O3S. The molecule has 1 aliphatic rings. The van der Waals surface area contributed by atoms with Crippen LogP contribution < -0.4 is 0 Å². The molecule has 0 spiro atoms. The lowest BCUT2D eigenvalue weighted by molar-refractivity contribution is -0.174. The quantitative estimate of drug-likeness (QED) is 0.557. The number of halogens is 3. The molecular weight excluding hydrogens is 381 g/mol. The van der Waals surface area contributed by atoms with Gasteiger partial charge in [0.25, 0.3) is 0 Å². The molecule has 1 aromatic carbocycles. The lowest BCUT2D eigenvalue weighted by atomic mass is 10.3. The Morgan fingerprint density at radius 1 is 0.926 bits per heavy atom. The molecule has 9 heteroatoms. The van der Waals surface area contributed by atoms with E-state index in [0.29, 0.717) is 24.3 Å². The standard InChI is InChI=1S/C18H27F3N2O3S/c19-18(20,21)16-26-14-4-8-22-10-12-23(13-11-22)9-5-15-27(24,25)17-6-2-1-3-7-17/h1-3,6-7H,4-5,8-16H2. The average Bonchev–Trinajstić information content (AvgIpc) is 2.62. The Balaban J connectivity index is 1.57. The number of hydrogen-bond acceptors (Lipinski definition) is 5. The third-order valence-corrected chi connectivity index (χ3v) is 6.30.